The zero-order chi connectivity index (χ0) is 16.4. The van der Waals surface area contributed by atoms with Crippen molar-refractivity contribution in [2.75, 3.05) is 6.54 Å². The van der Waals surface area contributed by atoms with Crippen molar-refractivity contribution in [3.63, 3.8) is 0 Å². The number of nitrogens with one attached hydrogen (secondary N) is 1. The minimum atomic E-state index is -0.713. The fraction of sp³-hybridized carbons (Fsp3) is 0.600. The van der Waals surface area contributed by atoms with Gasteiger partial charge in [0.25, 0.3) is 0 Å². The van der Waals surface area contributed by atoms with Crippen LogP contribution >= 0.6 is 0 Å². The molecule has 4 nitrogen and oxygen atoms in total. The summed E-state index contributed by atoms with van der Waals surface area (Å²) in [5.41, 5.74) is -0.0972. The van der Waals surface area contributed by atoms with Crippen molar-refractivity contribution in [1.29, 1.82) is 0 Å². The molecule has 1 N–H and O–H groups in total. The van der Waals surface area contributed by atoms with Crippen LogP contribution < -0.4 is 5.32 Å². The van der Waals surface area contributed by atoms with E-state index >= 15 is 0 Å². The van der Waals surface area contributed by atoms with Gasteiger partial charge >= 0.3 is 0 Å². The summed E-state index contributed by atoms with van der Waals surface area (Å²) in [6, 6.07) is 10.2. The Bertz CT molecular complexity index is 703. The SMILES string of the molecule is O=C1N2CCC[C@]23C(=O)N[C@]1(Cc1ccccc1)[C@@H]1CCCC[C@@H]13. The second-order valence-electron chi connectivity index (χ2n) is 8.07. The number of piperazine rings is 1. The van der Waals surface area contributed by atoms with Crippen LogP contribution in [0.2, 0.25) is 0 Å². The highest BCUT2D eigenvalue weighted by atomic mass is 16.2. The summed E-state index contributed by atoms with van der Waals surface area (Å²) in [6.07, 6.45) is 6.98. The average molecular weight is 324 g/mol. The number of carbonyl (C=O) groups is 2. The maximum absolute atomic E-state index is 13.5. The lowest BCUT2D eigenvalue weighted by Crippen LogP contribution is -2.85. The molecule has 1 spiro atoms. The quantitative estimate of drug-likeness (QED) is 0.907. The molecule has 24 heavy (non-hydrogen) atoms. The van der Waals surface area contributed by atoms with Gasteiger partial charge in [0.1, 0.15) is 11.1 Å². The Labute approximate surface area is 142 Å². The summed E-state index contributed by atoms with van der Waals surface area (Å²) in [6.45, 7) is 0.756. The predicted octanol–water partition coefficient (Wildman–Crippen LogP) is 2.28. The highest BCUT2D eigenvalue weighted by molar-refractivity contribution is 6.05. The minimum absolute atomic E-state index is 0.124. The fourth-order valence-corrected chi connectivity index (χ4v) is 6.23. The molecule has 4 saturated heterocycles. The Kier molecular flexibility index (Phi) is 2.92. The Balaban J connectivity index is 1.65. The summed E-state index contributed by atoms with van der Waals surface area (Å²) in [4.78, 5) is 28.6. The number of hydrogen-bond donors (Lipinski definition) is 1. The first-order valence-corrected chi connectivity index (χ1v) is 9.37. The average Bonchev–Trinajstić information content (AvgIpc) is 3.06. The second kappa shape index (κ2) is 4.84. The standard InChI is InChI=1S/C20H24N2O2/c23-17-20-11-6-12-22(20)18(24)19(21-17,13-14-7-2-1-3-8-14)15-9-4-5-10-16(15)20/h1-3,7-8,15-16H,4-6,9-13H2,(H,21,23)/t15-,16+,19-,20+/m1/s1. The number of carbonyl (C=O) groups excluding carboxylic acids is 2. The summed E-state index contributed by atoms with van der Waals surface area (Å²) in [5, 5.41) is 3.26. The van der Waals surface area contributed by atoms with E-state index in [1.54, 1.807) is 0 Å². The van der Waals surface area contributed by atoms with E-state index in [1.165, 1.54) is 12.8 Å². The molecule has 2 amide bonds. The molecular weight excluding hydrogens is 300 g/mol. The number of rotatable bonds is 2. The molecule has 4 heteroatoms. The van der Waals surface area contributed by atoms with Crippen LogP contribution in [0.3, 0.4) is 0 Å². The van der Waals surface area contributed by atoms with Gasteiger partial charge in [-0.25, -0.2) is 0 Å². The van der Waals surface area contributed by atoms with Gasteiger partial charge in [-0.1, -0.05) is 43.2 Å². The zero-order valence-corrected chi connectivity index (χ0v) is 14.0. The summed E-state index contributed by atoms with van der Waals surface area (Å²) in [7, 11) is 0. The van der Waals surface area contributed by atoms with E-state index in [9.17, 15) is 9.59 Å². The number of benzene rings is 1. The smallest absolute Gasteiger partial charge is 0.249 e. The highest BCUT2D eigenvalue weighted by Crippen LogP contribution is 2.57. The number of nitrogens with zero attached hydrogens (tertiary/aromatic N) is 1. The number of fused-ring (bicyclic) bond motifs is 1. The van der Waals surface area contributed by atoms with Crippen molar-refractivity contribution >= 4 is 11.8 Å². The van der Waals surface area contributed by atoms with Crippen LogP contribution in [0.15, 0.2) is 30.3 Å². The molecule has 1 saturated carbocycles. The summed E-state index contributed by atoms with van der Waals surface area (Å²) >= 11 is 0. The maximum atomic E-state index is 13.5. The minimum Gasteiger partial charge on any atom is -0.339 e. The van der Waals surface area contributed by atoms with Crippen LogP contribution in [0.1, 0.15) is 44.1 Å². The third-order valence-corrected chi connectivity index (χ3v) is 7.12. The van der Waals surface area contributed by atoms with Crippen LogP contribution in [0.4, 0.5) is 0 Å². The normalized spacial score (nSPS) is 40.2. The molecule has 4 aliphatic heterocycles. The molecule has 1 aromatic rings. The first-order valence-electron chi connectivity index (χ1n) is 9.37. The highest BCUT2D eigenvalue weighted by Gasteiger charge is 2.72. The molecule has 126 valence electrons. The monoisotopic (exact) mass is 324 g/mol. The van der Waals surface area contributed by atoms with Crippen molar-refractivity contribution in [3.8, 4) is 0 Å². The predicted molar refractivity (Wildman–Crippen MR) is 90.1 cm³/mol. The van der Waals surface area contributed by atoms with Crippen molar-refractivity contribution in [2.24, 2.45) is 11.8 Å². The van der Waals surface area contributed by atoms with E-state index in [1.807, 2.05) is 23.1 Å². The number of amides is 2. The summed E-state index contributed by atoms with van der Waals surface area (Å²) < 4.78 is 0. The largest absolute Gasteiger partial charge is 0.339 e. The summed E-state index contributed by atoms with van der Waals surface area (Å²) in [5.74, 6) is 0.959. The molecule has 5 aliphatic rings. The number of hydrogen-bond acceptors (Lipinski definition) is 2. The molecule has 4 atom stereocenters. The number of piperidine rings is 2. The molecular formula is C20H24N2O2. The molecule has 0 aromatic heterocycles. The van der Waals surface area contributed by atoms with Crippen molar-refractivity contribution in [3.05, 3.63) is 35.9 Å². The van der Waals surface area contributed by atoms with Gasteiger partial charge in [-0.05, 0) is 43.1 Å². The second-order valence-corrected chi connectivity index (χ2v) is 8.07. The Morgan fingerprint density at radius 2 is 1.79 bits per heavy atom. The third-order valence-electron chi connectivity index (χ3n) is 7.12. The third kappa shape index (κ3) is 1.59. The fourth-order valence-electron chi connectivity index (χ4n) is 6.23. The maximum Gasteiger partial charge on any atom is 0.249 e. The van der Waals surface area contributed by atoms with E-state index in [4.69, 9.17) is 0 Å². The van der Waals surface area contributed by atoms with Gasteiger partial charge in [-0.15, -0.1) is 0 Å². The lowest BCUT2D eigenvalue weighted by molar-refractivity contribution is -0.188. The lowest BCUT2D eigenvalue weighted by atomic mass is 9.53. The van der Waals surface area contributed by atoms with Crippen molar-refractivity contribution in [2.45, 2.75) is 56.0 Å². The molecule has 4 heterocycles. The van der Waals surface area contributed by atoms with Gasteiger partial charge in [-0.2, -0.15) is 0 Å². The van der Waals surface area contributed by atoms with E-state index in [2.05, 4.69) is 17.4 Å². The van der Waals surface area contributed by atoms with E-state index in [-0.39, 0.29) is 11.8 Å². The van der Waals surface area contributed by atoms with Gasteiger partial charge in [0.05, 0.1) is 0 Å². The van der Waals surface area contributed by atoms with E-state index in [0.717, 1.165) is 37.8 Å². The van der Waals surface area contributed by atoms with Crippen LogP contribution in [-0.2, 0) is 16.0 Å². The molecule has 2 bridgehead atoms. The zero-order valence-electron chi connectivity index (χ0n) is 14.0. The molecule has 0 unspecified atom stereocenters. The van der Waals surface area contributed by atoms with Crippen LogP contribution in [0.5, 0.6) is 0 Å². The van der Waals surface area contributed by atoms with Gasteiger partial charge < -0.3 is 10.2 Å². The van der Waals surface area contributed by atoms with Gasteiger partial charge in [0, 0.05) is 13.0 Å². The lowest BCUT2D eigenvalue weighted by Gasteiger charge is -2.64. The van der Waals surface area contributed by atoms with Gasteiger partial charge in [-0.3, -0.25) is 9.59 Å². The molecule has 5 fully saturated rings. The first kappa shape index (κ1) is 14.5. The van der Waals surface area contributed by atoms with Crippen LogP contribution in [0.25, 0.3) is 0 Å². The molecule has 1 aromatic carbocycles. The Morgan fingerprint density at radius 1 is 1.04 bits per heavy atom. The van der Waals surface area contributed by atoms with Crippen LogP contribution in [0, 0.1) is 11.8 Å². The topological polar surface area (TPSA) is 49.4 Å². The van der Waals surface area contributed by atoms with Crippen molar-refractivity contribution < 1.29 is 9.59 Å². The van der Waals surface area contributed by atoms with E-state index in [0.29, 0.717) is 18.3 Å². The molecule has 6 rings (SSSR count). The van der Waals surface area contributed by atoms with E-state index < -0.39 is 11.1 Å². The Morgan fingerprint density at radius 3 is 2.58 bits per heavy atom. The van der Waals surface area contributed by atoms with Gasteiger partial charge in [0.15, 0.2) is 0 Å². The first-order chi connectivity index (χ1) is 11.7. The van der Waals surface area contributed by atoms with Crippen molar-refractivity contribution in [1.82, 2.24) is 10.2 Å². The molecule has 0 radical (unpaired) electrons. The van der Waals surface area contributed by atoms with Crippen LogP contribution in [-0.4, -0.2) is 34.3 Å². The van der Waals surface area contributed by atoms with Gasteiger partial charge in [0.2, 0.25) is 11.8 Å². The molecule has 1 aliphatic carbocycles. The Hall–Kier alpha value is -1.84.